The Hall–Kier alpha value is -1.44. The Bertz CT molecular complexity index is 523. The summed E-state index contributed by atoms with van der Waals surface area (Å²) in [6.07, 6.45) is 1.68. The van der Waals surface area contributed by atoms with Crippen LogP contribution in [-0.2, 0) is 4.74 Å². The van der Waals surface area contributed by atoms with Crippen molar-refractivity contribution >= 4 is 28.5 Å². The molecule has 1 fully saturated rings. The molecule has 0 unspecified atom stereocenters. The number of nitrogens with zero attached hydrogens (tertiary/aromatic N) is 4. The monoisotopic (exact) mass is 254 g/mol. The first-order valence-corrected chi connectivity index (χ1v) is 5.67. The average Bonchev–Trinajstić information content (AvgIpc) is 2.78. The third-order valence-electron chi connectivity index (χ3n) is 2.56. The second-order valence-corrected chi connectivity index (χ2v) is 4.02. The molecule has 2 aromatic heterocycles. The number of H-pyrrole nitrogens is 1. The Balaban J connectivity index is 1.90. The Morgan fingerprint density at radius 2 is 2.18 bits per heavy atom. The first-order valence-electron chi connectivity index (χ1n) is 5.29. The highest BCUT2D eigenvalue weighted by molar-refractivity contribution is 6.28. The molecule has 17 heavy (non-hydrogen) atoms. The lowest BCUT2D eigenvalue weighted by Crippen LogP contribution is -2.40. The fraction of sp³-hybridized carbons (Fsp3) is 0.444. The maximum Gasteiger partial charge on any atom is 0.226 e. The number of aromatic nitrogens is 4. The molecule has 8 heteroatoms. The van der Waals surface area contributed by atoms with Crippen molar-refractivity contribution in [1.29, 1.82) is 0 Å². The molecule has 1 aliphatic rings. The van der Waals surface area contributed by atoms with Gasteiger partial charge < -0.3 is 10.2 Å². The van der Waals surface area contributed by atoms with Crippen LogP contribution in [0, 0.1) is 0 Å². The van der Waals surface area contributed by atoms with E-state index in [1.807, 2.05) is 5.01 Å². The fourth-order valence-corrected chi connectivity index (χ4v) is 1.89. The number of hydrazine groups is 1. The summed E-state index contributed by atoms with van der Waals surface area (Å²) in [5.74, 6) is 0.663. The predicted octanol–water partition coefficient (Wildman–Crippen LogP) is 0.665. The van der Waals surface area contributed by atoms with Crippen LogP contribution in [0.25, 0.3) is 11.0 Å². The lowest BCUT2D eigenvalue weighted by molar-refractivity contribution is 0.0495. The summed E-state index contributed by atoms with van der Waals surface area (Å²) >= 11 is 5.85. The third-order valence-corrected chi connectivity index (χ3v) is 2.73. The van der Waals surface area contributed by atoms with Gasteiger partial charge in [0.05, 0.1) is 24.8 Å². The lowest BCUT2D eigenvalue weighted by Gasteiger charge is -2.27. The first-order chi connectivity index (χ1) is 8.33. The van der Waals surface area contributed by atoms with E-state index in [0.29, 0.717) is 24.7 Å². The molecule has 7 nitrogen and oxygen atoms in total. The molecule has 90 valence electrons. The number of rotatable bonds is 2. The van der Waals surface area contributed by atoms with Gasteiger partial charge in [-0.15, -0.1) is 0 Å². The van der Waals surface area contributed by atoms with Gasteiger partial charge in [0.25, 0.3) is 0 Å². The van der Waals surface area contributed by atoms with Crippen molar-refractivity contribution in [3.63, 3.8) is 0 Å². The number of ether oxygens (including phenoxy) is 1. The summed E-state index contributed by atoms with van der Waals surface area (Å²) in [5.41, 5.74) is 3.83. The molecule has 0 aromatic carbocycles. The molecule has 0 spiro atoms. The van der Waals surface area contributed by atoms with Crippen LogP contribution in [0.1, 0.15) is 0 Å². The van der Waals surface area contributed by atoms with Crippen molar-refractivity contribution in [2.24, 2.45) is 0 Å². The van der Waals surface area contributed by atoms with Crippen molar-refractivity contribution < 1.29 is 4.74 Å². The summed E-state index contributed by atoms with van der Waals surface area (Å²) in [5, 5.41) is 9.74. The van der Waals surface area contributed by atoms with Gasteiger partial charge in [0.15, 0.2) is 11.5 Å². The van der Waals surface area contributed by atoms with E-state index in [4.69, 9.17) is 16.3 Å². The SMILES string of the molecule is Clc1nc(NN2CCOCC2)c2cn[nH]c2n1. The number of halogens is 1. The number of hydrogen-bond acceptors (Lipinski definition) is 6. The summed E-state index contributed by atoms with van der Waals surface area (Å²) < 4.78 is 5.27. The highest BCUT2D eigenvalue weighted by Crippen LogP contribution is 2.20. The van der Waals surface area contributed by atoms with Crippen LogP contribution in [0.3, 0.4) is 0 Å². The lowest BCUT2D eigenvalue weighted by atomic mass is 10.4. The Morgan fingerprint density at radius 3 is 3.00 bits per heavy atom. The van der Waals surface area contributed by atoms with Gasteiger partial charge in [0.2, 0.25) is 5.28 Å². The molecule has 0 aliphatic carbocycles. The van der Waals surface area contributed by atoms with E-state index in [1.54, 1.807) is 6.20 Å². The van der Waals surface area contributed by atoms with Crippen LogP contribution in [0.2, 0.25) is 5.28 Å². The summed E-state index contributed by atoms with van der Waals surface area (Å²) in [4.78, 5) is 8.21. The average molecular weight is 255 g/mol. The Labute approximate surface area is 102 Å². The van der Waals surface area contributed by atoms with E-state index in [1.165, 1.54) is 0 Å². The Morgan fingerprint density at radius 1 is 1.35 bits per heavy atom. The van der Waals surface area contributed by atoms with Crippen LogP contribution in [0.4, 0.5) is 5.82 Å². The van der Waals surface area contributed by atoms with E-state index in [2.05, 4.69) is 25.6 Å². The molecule has 3 heterocycles. The van der Waals surface area contributed by atoms with Gasteiger partial charge in [-0.25, -0.2) is 5.01 Å². The molecule has 2 aromatic rings. The van der Waals surface area contributed by atoms with Crippen molar-refractivity contribution in [2.45, 2.75) is 0 Å². The zero-order valence-electron chi connectivity index (χ0n) is 8.98. The maximum absolute atomic E-state index is 5.85. The molecule has 0 radical (unpaired) electrons. The van der Waals surface area contributed by atoms with Crippen molar-refractivity contribution in [3.8, 4) is 0 Å². The van der Waals surface area contributed by atoms with Crippen LogP contribution in [0.15, 0.2) is 6.20 Å². The minimum absolute atomic E-state index is 0.192. The van der Waals surface area contributed by atoms with Crippen molar-refractivity contribution in [2.75, 3.05) is 31.7 Å². The van der Waals surface area contributed by atoms with E-state index in [0.717, 1.165) is 18.5 Å². The normalized spacial score (nSPS) is 17.5. The van der Waals surface area contributed by atoms with Gasteiger partial charge in [-0.2, -0.15) is 15.1 Å². The molecular weight excluding hydrogens is 244 g/mol. The fourth-order valence-electron chi connectivity index (χ4n) is 1.72. The minimum atomic E-state index is 0.192. The van der Waals surface area contributed by atoms with Gasteiger partial charge >= 0.3 is 0 Å². The molecule has 0 saturated carbocycles. The van der Waals surface area contributed by atoms with Gasteiger partial charge in [-0.3, -0.25) is 5.10 Å². The minimum Gasteiger partial charge on any atom is -0.379 e. The molecule has 2 N–H and O–H groups in total. The van der Waals surface area contributed by atoms with Crippen LogP contribution < -0.4 is 5.43 Å². The van der Waals surface area contributed by atoms with Crippen molar-refractivity contribution in [1.82, 2.24) is 25.2 Å². The molecule has 1 saturated heterocycles. The zero-order valence-corrected chi connectivity index (χ0v) is 9.74. The van der Waals surface area contributed by atoms with Gasteiger partial charge in [0, 0.05) is 13.1 Å². The summed E-state index contributed by atoms with van der Waals surface area (Å²) in [6.45, 7) is 3.03. The van der Waals surface area contributed by atoms with Crippen LogP contribution in [-0.4, -0.2) is 51.5 Å². The molecule has 0 amide bonds. The Kier molecular flexibility index (Phi) is 2.79. The van der Waals surface area contributed by atoms with Gasteiger partial charge in [0.1, 0.15) is 0 Å². The maximum atomic E-state index is 5.85. The highest BCUT2D eigenvalue weighted by Gasteiger charge is 2.14. The van der Waals surface area contributed by atoms with E-state index < -0.39 is 0 Å². The van der Waals surface area contributed by atoms with E-state index >= 15 is 0 Å². The molecule has 3 rings (SSSR count). The highest BCUT2D eigenvalue weighted by atomic mass is 35.5. The van der Waals surface area contributed by atoms with Crippen LogP contribution in [0.5, 0.6) is 0 Å². The third kappa shape index (κ3) is 2.17. The molecule has 1 aliphatic heterocycles. The summed E-state index contributed by atoms with van der Waals surface area (Å²) in [7, 11) is 0. The largest absolute Gasteiger partial charge is 0.379 e. The van der Waals surface area contributed by atoms with E-state index in [-0.39, 0.29) is 5.28 Å². The quantitative estimate of drug-likeness (QED) is 0.767. The molecule has 0 bridgehead atoms. The number of anilines is 1. The second kappa shape index (κ2) is 4.44. The van der Waals surface area contributed by atoms with Gasteiger partial charge in [-0.1, -0.05) is 0 Å². The number of nitrogens with one attached hydrogen (secondary N) is 2. The zero-order chi connectivity index (χ0) is 11.7. The molecular formula is C9H11ClN6O. The van der Waals surface area contributed by atoms with E-state index in [9.17, 15) is 0 Å². The van der Waals surface area contributed by atoms with Gasteiger partial charge in [-0.05, 0) is 11.6 Å². The molecule has 0 atom stereocenters. The number of hydrogen-bond donors (Lipinski definition) is 2. The topological polar surface area (TPSA) is 79.0 Å². The van der Waals surface area contributed by atoms with Crippen LogP contribution >= 0.6 is 11.6 Å². The predicted molar refractivity (Wildman–Crippen MR) is 62.7 cm³/mol. The smallest absolute Gasteiger partial charge is 0.226 e. The number of morpholine rings is 1. The number of aromatic amines is 1. The summed E-state index contributed by atoms with van der Waals surface area (Å²) in [6, 6.07) is 0. The van der Waals surface area contributed by atoms with Crippen molar-refractivity contribution in [3.05, 3.63) is 11.5 Å². The first kappa shape index (κ1) is 10.7. The second-order valence-electron chi connectivity index (χ2n) is 3.68. The number of fused-ring (bicyclic) bond motifs is 1. The standard InChI is InChI=1S/C9H11ClN6O/c10-9-12-7-6(5-11-14-7)8(13-9)15-16-1-3-17-4-2-16/h5H,1-4H2,(H2,11,12,13,14,15).